The lowest BCUT2D eigenvalue weighted by molar-refractivity contribution is -0.155. The van der Waals surface area contributed by atoms with E-state index < -0.39 is 68.1 Å². The predicted molar refractivity (Wildman–Crippen MR) is 149 cm³/mol. The van der Waals surface area contributed by atoms with Crippen LogP contribution in [0.3, 0.4) is 0 Å². The maximum atomic E-state index is 13.7. The van der Waals surface area contributed by atoms with Gasteiger partial charge in [0.1, 0.15) is 11.4 Å². The highest BCUT2D eigenvalue weighted by Crippen LogP contribution is 2.43. The third-order valence-electron chi connectivity index (χ3n) is 6.57. The number of amides is 2. The molecule has 0 bridgehead atoms. The smallest absolute Gasteiger partial charge is 0.448 e. The van der Waals surface area contributed by atoms with Crippen LogP contribution in [0, 0.1) is 0 Å². The molecule has 5 rings (SSSR count). The van der Waals surface area contributed by atoms with E-state index in [-0.39, 0.29) is 6.42 Å². The Kier molecular flexibility index (Phi) is 8.51. The normalized spacial score (nSPS) is 18.5. The Labute approximate surface area is 248 Å². The van der Waals surface area contributed by atoms with Gasteiger partial charge in [-0.05, 0) is 16.7 Å². The summed E-state index contributed by atoms with van der Waals surface area (Å²) in [7, 11) is -6.18. The molecular formula is C29H23F3N2O7S2. The zero-order chi connectivity index (χ0) is 30.8. The summed E-state index contributed by atoms with van der Waals surface area (Å²) in [5.74, 6) is -4.05. The summed E-state index contributed by atoms with van der Waals surface area (Å²) in [5.41, 5.74) is -4.87. The minimum atomic E-state index is -6.18. The number of hydrogen-bond acceptors (Lipinski definition) is 8. The monoisotopic (exact) mass is 632 g/mol. The van der Waals surface area contributed by atoms with Crippen LogP contribution in [0.1, 0.15) is 22.8 Å². The molecule has 2 atom stereocenters. The number of ether oxygens (including phenoxy) is 1. The minimum absolute atomic E-state index is 0.0409. The molecule has 2 unspecified atom stereocenters. The van der Waals surface area contributed by atoms with Crippen molar-refractivity contribution in [1.82, 2.24) is 10.2 Å². The van der Waals surface area contributed by atoms with E-state index in [4.69, 9.17) is 4.74 Å². The molecule has 2 aliphatic rings. The van der Waals surface area contributed by atoms with Gasteiger partial charge in [-0.3, -0.25) is 14.5 Å². The van der Waals surface area contributed by atoms with Gasteiger partial charge in [0, 0.05) is 0 Å². The lowest BCUT2D eigenvalue weighted by Gasteiger charge is -2.49. The summed E-state index contributed by atoms with van der Waals surface area (Å²) in [4.78, 5) is 40.4. The van der Waals surface area contributed by atoms with Crippen LogP contribution in [0.5, 0.6) is 0 Å². The number of alkyl halides is 3. The molecule has 0 spiro atoms. The van der Waals surface area contributed by atoms with Crippen LogP contribution in [0.2, 0.25) is 0 Å². The summed E-state index contributed by atoms with van der Waals surface area (Å²) in [5, 5.41) is 1.66. The van der Waals surface area contributed by atoms with E-state index in [9.17, 15) is 36.0 Å². The van der Waals surface area contributed by atoms with Crippen molar-refractivity contribution in [2.45, 2.75) is 29.4 Å². The summed E-state index contributed by atoms with van der Waals surface area (Å²) in [6.07, 6.45) is -1.10. The average molecular weight is 633 g/mol. The number of thioether (sulfide) groups is 1. The van der Waals surface area contributed by atoms with E-state index in [0.717, 1.165) is 16.7 Å². The number of rotatable bonds is 9. The average Bonchev–Trinajstić information content (AvgIpc) is 2.99. The van der Waals surface area contributed by atoms with Crippen molar-refractivity contribution in [3.63, 3.8) is 0 Å². The van der Waals surface area contributed by atoms with Crippen LogP contribution < -0.4 is 5.32 Å². The van der Waals surface area contributed by atoms with Crippen molar-refractivity contribution in [3.05, 3.63) is 119 Å². The largest absolute Gasteiger partial charge is 0.534 e. The molecule has 2 amide bonds. The zero-order valence-corrected chi connectivity index (χ0v) is 23.7. The molecule has 2 heterocycles. The van der Waals surface area contributed by atoms with Crippen molar-refractivity contribution in [3.8, 4) is 0 Å². The standard InChI is InChI=1S/C29H23F3N2O7S2/c30-29(31,32)43(38,39)41-21-17-42-27-23(33-22(35)16-18-10-4-1-5-11-18)26(36)34(27)24(21)28(37)40-25(19-12-6-2-7-13-19)20-14-8-3-9-15-20/h1-15,23,25,27H,16-17H2,(H,33,35). The Bertz CT molecular complexity index is 1610. The number of carbonyl (C=O) groups is 3. The van der Waals surface area contributed by atoms with Crippen molar-refractivity contribution >= 4 is 39.7 Å². The molecule has 0 aliphatic carbocycles. The minimum Gasteiger partial charge on any atom is -0.448 e. The topological polar surface area (TPSA) is 119 Å². The Balaban J connectivity index is 1.46. The number of carbonyl (C=O) groups excluding carboxylic acids is 3. The van der Waals surface area contributed by atoms with Gasteiger partial charge < -0.3 is 14.2 Å². The molecule has 9 nitrogen and oxygen atoms in total. The molecule has 0 saturated carbocycles. The van der Waals surface area contributed by atoms with Gasteiger partial charge in [0.2, 0.25) is 5.91 Å². The van der Waals surface area contributed by atoms with E-state index in [0.29, 0.717) is 16.7 Å². The SMILES string of the molecule is O=C(Cc1ccccc1)NC1C(=O)N2C(C(=O)OC(c3ccccc3)c3ccccc3)=C(OS(=O)(=O)C(F)(F)F)CSC12. The number of esters is 1. The molecule has 0 aromatic heterocycles. The highest BCUT2D eigenvalue weighted by molar-refractivity contribution is 8.00. The first kappa shape index (κ1) is 30.2. The molecular weight excluding hydrogens is 609 g/mol. The third-order valence-corrected chi connectivity index (χ3v) is 8.81. The fourth-order valence-corrected chi connectivity index (χ4v) is 6.40. The molecule has 2 aliphatic heterocycles. The summed E-state index contributed by atoms with van der Waals surface area (Å²) in [6, 6.07) is 24.5. The molecule has 224 valence electrons. The van der Waals surface area contributed by atoms with Gasteiger partial charge >= 0.3 is 21.6 Å². The first-order valence-corrected chi connectivity index (χ1v) is 15.2. The van der Waals surface area contributed by atoms with Gasteiger partial charge in [-0.25, -0.2) is 4.79 Å². The second-order valence-corrected chi connectivity index (χ2v) is 12.1. The van der Waals surface area contributed by atoms with Gasteiger partial charge in [0.25, 0.3) is 5.91 Å². The fraction of sp³-hybridized carbons (Fsp3) is 0.207. The maximum absolute atomic E-state index is 13.7. The molecule has 0 radical (unpaired) electrons. The molecule has 14 heteroatoms. The number of fused-ring (bicyclic) bond motifs is 1. The van der Waals surface area contributed by atoms with Crippen molar-refractivity contribution in [2.24, 2.45) is 0 Å². The number of nitrogens with zero attached hydrogens (tertiary/aromatic N) is 1. The van der Waals surface area contributed by atoms with Gasteiger partial charge in [-0.2, -0.15) is 21.6 Å². The highest BCUT2D eigenvalue weighted by Gasteiger charge is 2.57. The Morgan fingerprint density at radius 1 is 0.930 bits per heavy atom. The molecule has 3 aromatic carbocycles. The molecule has 1 saturated heterocycles. The van der Waals surface area contributed by atoms with Crippen LogP contribution in [-0.4, -0.2) is 53.8 Å². The van der Waals surface area contributed by atoms with Crippen LogP contribution >= 0.6 is 11.8 Å². The third kappa shape index (κ3) is 6.39. The van der Waals surface area contributed by atoms with Gasteiger partial charge in [-0.1, -0.05) is 91.0 Å². The summed E-state index contributed by atoms with van der Waals surface area (Å²) < 4.78 is 73.7. The first-order valence-electron chi connectivity index (χ1n) is 12.8. The quantitative estimate of drug-likeness (QED) is 0.163. The lowest BCUT2D eigenvalue weighted by Crippen LogP contribution is -2.70. The molecule has 1 fully saturated rings. The van der Waals surface area contributed by atoms with Crippen LogP contribution in [0.25, 0.3) is 0 Å². The Morgan fingerprint density at radius 2 is 1.47 bits per heavy atom. The first-order chi connectivity index (χ1) is 20.5. The second-order valence-electron chi connectivity index (χ2n) is 9.48. The van der Waals surface area contributed by atoms with E-state index in [1.165, 1.54) is 0 Å². The zero-order valence-electron chi connectivity index (χ0n) is 22.1. The molecule has 1 N–H and O–H groups in total. The number of nitrogens with one attached hydrogen (secondary N) is 1. The Hall–Kier alpha value is -4.30. The van der Waals surface area contributed by atoms with E-state index in [1.807, 2.05) is 0 Å². The van der Waals surface area contributed by atoms with E-state index in [1.54, 1.807) is 91.0 Å². The van der Waals surface area contributed by atoms with E-state index in [2.05, 4.69) is 9.50 Å². The van der Waals surface area contributed by atoms with Gasteiger partial charge in [0.15, 0.2) is 17.6 Å². The number of hydrogen-bond donors (Lipinski definition) is 1. The van der Waals surface area contributed by atoms with Crippen molar-refractivity contribution in [2.75, 3.05) is 5.75 Å². The molecule has 43 heavy (non-hydrogen) atoms. The maximum Gasteiger partial charge on any atom is 0.534 e. The number of β-lactam (4-membered cyclic amide) rings is 1. The number of halogens is 3. The fourth-order valence-electron chi connectivity index (χ4n) is 4.58. The van der Waals surface area contributed by atoms with Gasteiger partial charge in [0.05, 0.1) is 12.2 Å². The predicted octanol–water partition coefficient (Wildman–Crippen LogP) is 4.04. The number of benzene rings is 3. The van der Waals surface area contributed by atoms with Gasteiger partial charge in [-0.15, -0.1) is 11.8 Å². The van der Waals surface area contributed by atoms with Crippen molar-refractivity contribution < 1.29 is 44.9 Å². The lowest BCUT2D eigenvalue weighted by atomic mass is 10.0. The molecule has 3 aromatic rings. The summed E-state index contributed by atoms with van der Waals surface area (Å²) in [6.45, 7) is 0. The van der Waals surface area contributed by atoms with Crippen LogP contribution in [0.4, 0.5) is 13.2 Å². The van der Waals surface area contributed by atoms with Crippen LogP contribution in [-0.2, 0) is 39.8 Å². The van der Waals surface area contributed by atoms with Crippen LogP contribution in [0.15, 0.2) is 102 Å². The summed E-state index contributed by atoms with van der Waals surface area (Å²) >= 11 is 0.833. The van der Waals surface area contributed by atoms with E-state index >= 15 is 0 Å². The second kappa shape index (κ2) is 12.1. The van der Waals surface area contributed by atoms with Crippen molar-refractivity contribution in [1.29, 1.82) is 0 Å². The Morgan fingerprint density at radius 3 is 2.00 bits per heavy atom. The highest BCUT2D eigenvalue weighted by atomic mass is 32.2.